The first kappa shape index (κ1) is 20.8. The summed E-state index contributed by atoms with van der Waals surface area (Å²) < 4.78 is 1.46. The number of carbonyl (C=O) groups excluding carboxylic acids is 1. The molecule has 0 bridgehead atoms. The fraction of sp³-hybridized carbons (Fsp3) is 0.333. The Morgan fingerprint density at radius 2 is 1.90 bits per heavy atom. The zero-order chi connectivity index (χ0) is 21.5. The topological polar surface area (TPSA) is 80.1 Å². The monoisotopic (exact) mass is 417 g/mol. The molecule has 160 valence electrons. The molecular formula is C24H27N5O2. The average molecular weight is 418 g/mol. The number of piperidine rings is 1. The van der Waals surface area contributed by atoms with E-state index < -0.39 is 0 Å². The van der Waals surface area contributed by atoms with E-state index in [1.54, 1.807) is 24.7 Å². The highest BCUT2D eigenvalue weighted by Gasteiger charge is 2.26. The Hall–Kier alpha value is -3.48. The zero-order valence-corrected chi connectivity index (χ0v) is 17.5. The number of pyridine rings is 1. The highest BCUT2D eigenvalue weighted by Crippen LogP contribution is 2.22. The Morgan fingerprint density at radius 1 is 1.10 bits per heavy atom. The standard InChI is InChI=1S/C24H27N5O2/c30-23-15-22(16-27-29(23)17-20-5-2-1-3-6-20)28-14-4-7-21(18-28)24(31)26-13-10-19-8-11-25-12-9-19/h1-3,5-6,8-9,11-12,15-16,21H,4,7,10,13-14,17-18H2,(H,26,31). The van der Waals surface area contributed by atoms with Crippen LogP contribution in [0.4, 0.5) is 5.69 Å². The molecule has 1 unspecified atom stereocenters. The van der Waals surface area contributed by atoms with E-state index in [1.165, 1.54) is 4.68 Å². The molecular weight excluding hydrogens is 390 g/mol. The van der Waals surface area contributed by atoms with Crippen molar-refractivity contribution in [3.05, 3.63) is 88.6 Å². The molecule has 1 aliphatic heterocycles. The predicted octanol–water partition coefficient (Wildman–Crippen LogP) is 2.26. The average Bonchev–Trinajstić information content (AvgIpc) is 2.82. The third-order valence-electron chi connectivity index (χ3n) is 5.65. The minimum absolute atomic E-state index is 0.0733. The number of carbonyl (C=O) groups is 1. The summed E-state index contributed by atoms with van der Waals surface area (Å²) in [6, 6.07) is 15.3. The number of aromatic nitrogens is 3. The van der Waals surface area contributed by atoms with Gasteiger partial charge in [-0.3, -0.25) is 14.6 Å². The zero-order valence-electron chi connectivity index (χ0n) is 17.5. The van der Waals surface area contributed by atoms with E-state index in [2.05, 4.69) is 20.3 Å². The van der Waals surface area contributed by atoms with Crippen molar-refractivity contribution >= 4 is 11.6 Å². The lowest BCUT2D eigenvalue weighted by Crippen LogP contribution is -2.44. The van der Waals surface area contributed by atoms with Crippen LogP contribution in [0, 0.1) is 5.92 Å². The molecule has 7 heteroatoms. The van der Waals surface area contributed by atoms with Crippen LogP contribution in [0.25, 0.3) is 0 Å². The van der Waals surface area contributed by atoms with Gasteiger partial charge in [-0.05, 0) is 42.5 Å². The third-order valence-corrected chi connectivity index (χ3v) is 5.65. The van der Waals surface area contributed by atoms with Gasteiger partial charge in [0.25, 0.3) is 5.56 Å². The fourth-order valence-electron chi connectivity index (χ4n) is 3.92. The summed E-state index contributed by atoms with van der Waals surface area (Å²) >= 11 is 0. The fourth-order valence-corrected chi connectivity index (χ4v) is 3.92. The van der Waals surface area contributed by atoms with Crippen LogP contribution in [0.15, 0.2) is 71.9 Å². The predicted molar refractivity (Wildman–Crippen MR) is 120 cm³/mol. The van der Waals surface area contributed by atoms with Crippen LogP contribution in [0.1, 0.15) is 24.0 Å². The van der Waals surface area contributed by atoms with Gasteiger partial charge >= 0.3 is 0 Å². The van der Waals surface area contributed by atoms with Crippen molar-refractivity contribution in [3.8, 4) is 0 Å². The summed E-state index contributed by atoms with van der Waals surface area (Å²) in [6.07, 6.45) is 7.81. The summed E-state index contributed by atoms with van der Waals surface area (Å²) in [5.74, 6) is -0.0120. The Balaban J connectivity index is 1.34. The van der Waals surface area contributed by atoms with Crippen molar-refractivity contribution < 1.29 is 4.79 Å². The highest BCUT2D eigenvalue weighted by atomic mass is 16.2. The minimum atomic E-state index is -0.134. The van der Waals surface area contributed by atoms with Crippen LogP contribution < -0.4 is 15.8 Å². The Labute approximate surface area is 181 Å². The van der Waals surface area contributed by atoms with Crippen molar-refractivity contribution in [1.82, 2.24) is 20.1 Å². The molecule has 0 aliphatic carbocycles. The van der Waals surface area contributed by atoms with Crippen LogP contribution in [-0.2, 0) is 17.8 Å². The second-order valence-corrected chi connectivity index (χ2v) is 7.88. The Kier molecular flexibility index (Phi) is 6.72. The first-order valence-electron chi connectivity index (χ1n) is 10.7. The summed E-state index contributed by atoms with van der Waals surface area (Å²) in [5, 5.41) is 7.41. The molecule has 1 N–H and O–H groups in total. The first-order chi connectivity index (χ1) is 15.2. The Bertz CT molecular complexity index is 1050. The lowest BCUT2D eigenvalue weighted by atomic mass is 9.96. The van der Waals surface area contributed by atoms with Gasteiger partial charge in [-0.2, -0.15) is 5.10 Å². The van der Waals surface area contributed by atoms with E-state index in [1.807, 2.05) is 42.5 Å². The van der Waals surface area contributed by atoms with Crippen molar-refractivity contribution in [1.29, 1.82) is 0 Å². The quantitative estimate of drug-likeness (QED) is 0.638. The van der Waals surface area contributed by atoms with Crippen LogP contribution in [0.3, 0.4) is 0 Å². The number of hydrogen-bond acceptors (Lipinski definition) is 5. The molecule has 3 heterocycles. The lowest BCUT2D eigenvalue weighted by Gasteiger charge is -2.33. The van der Waals surface area contributed by atoms with E-state index in [0.29, 0.717) is 19.6 Å². The number of benzene rings is 1. The van der Waals surface area contributed by atoms with Crippen LogP contribution in [0.5, 0.6) is 0 Å². The molecule has 1 fully saturated rings. The molecule has 1 atom stereocenters. The first-order valence-corrected chi connectivity index (χ1v) is 10.7. The normalized spacial score (nSPS) is 16.1. The molecule has 1 aromatic carbocycles. The van der Waals surface area contributed by atoms with E-state index in [-0.39, 0.29) is 17.4 Å². The molecule has 0 radical (unpaired) electrons. The lowest BCUT2D eigenvalue weighted by molar-refractivity contribution is -0.125. The second kappa shape index (κ2) is 10.0. The molecule has 2 aromatic heterocycles. The number of rotatable bonds is 7. The molecule has 1 aliphatic rings. The third kappa shape index (κ3) is 5.57. The van der Waals surface area contributed by atoms with Gasteiger partial charge in [0, 0.05) is 38.1 Å². The maximum absolute atomic E-state index is 12.7. The number of amides is 1. The van der Waals surface area contributed by atoms with E-state index in [4.69, 9.17) is 0 Å². The van der Waals surface area contributed by atoms with Crippen molar-refractivity contribution in [2.75, 3.05) is 24.5 Å². The van der Waals surface area contributed by atoms with Gasteiger partial charge in [-0.15, -0.1) is 0 Å². The molecule has 31 heavy (non-hydrogen) atoms. The molecule has 1 amide bonds. The van der Waals surface area contributed by atoms with Crippen LogP contribution in [-0.4, -0.2) is 40.3 Å². The number of anilines is 1. The molecule has 1 saturated heterocycles. The molecule has 4 rings (SSSR count). The van der Waals surface area contributed by atoms with Gasteiger partial charge in [0.15, 0.2) is 0 Å². The van der Waals surface area contributed by atoms with E-state index >= 15 is 0 Å². The summed E-state index contributed by atoms with van der Waals surface area (Å²) in [6.45, 7) is 2.48. The van der Waals surface area contributed by atoms with Gasteiger partial charge in [-0.25, -0.2) is 4.68 Å². The van der Waals surface area contributed by atoms with Gasteiger partial charge in [0.1, 0.15) is 0 Å². The number of nitrogens with one attached hydrogen (secondary N) is 1. The molecule has 7 nitrogen and oxygen atoms in total. The Morgan fingerprint density at radius 3 is 2.68 bits per heavy atom. The van der Waals surface area contributed by atoms with E-state index in [0.717, 1.165) is 42.6 Å². The summed E-state index contributed by atoms with van der Waals surface area (Å²) in [7, 11) is 0. The minimum Gasteiger partial charge on any atom is -0.369 e. The SMILES string of the molecule is O=C(NCCc1ccncc1)C1CCCN(c2cnn(Cc3ccccc3)c(=O)c2)C1. The van der Waals surface area contributed by atoms with Gasteiger partial charge in [0.2, 0.25) is 5.91 Å². The van der Waals surface area contributed by atoms with Crippen molar-refractivity contribution in [2.24, 2.45) is 5.92 Å². The van der Waals surface area contributed by atoms with Crippen molar-refractivity contribution in [3.63, 3.8) is 0 Å². The van der Waals surface area contributed by atoms with Crippen molar-refractivity contribution in [2.45, 2.75) is 25.8 Å². The maximum Gasteiger partial charge on any atom is 0.269 e. The van der Waals surface area contributed by atoms with Gasteiger partial charge in [-0.1, -0.05) is 30.3 Å². The second-order valence-electron chi connectivity index (χ2n) is 7.88. The molecule has 0 spiro atoms. The smallest absolute Gasteiger partial charge is 0.269 e. The van der Waals surface area contributed by atoms with Crippen LogP contribution >= 0.6 is 0 Å². The largest absolute Gasteiger partial charge is 0.369 e. The molecule has 3 aromatic rings. The van der Waals surface area contributed by atoms with Crippen LogP contribution in [0.2, 0.25) is 0 Å². The van der Waals surface area contributed by atoms with Gasteiger partial charge in [0.05, 0.1) is 24.3 Å². The summed E-state index contributed by atoms with van der Waals surface area (Å²) in [5.41, 5.74) is 2.84. The number of nitrogens with zero attached hydrogens (tertiary/aromatic N) is 4. The summed E-state index contributed by atoms with van der Waals surface area (Å²) in [4.78, 5) is 31.3. The number of hydrogen-bond donors (Lipinski definition) is 1. The van der Waals surface area contributed by atoms with E-state index in [9.17, 15) is 9.59 Å². The van der Waals surface area contributed by atoms with Gasteiger partial charge < -0.3 is 10.2 Å². The highest BCUT2D eigenvalue weighted by molar-refractivity contribution is 5.79. The molecule has 0 saturated carbocycles. The maximum atomic E-state index is 12.7.